The minimum atomic E-state index is -0.815. The van der Waals surface area contributed by atoms with Gasteiger partial charge in [-0.25, -0.2) is 4.79 Å². The van der Waals surface area contributed by atoms with Crippen molar-refractivity contribution in [2.24, 2.45) is 11.8 Å². The molecule has 2 atom stereocenters. The highest BCUT2D eigenvalue weighted by molar-refractivity contribution is 5.77. The number of aryl methyl sites for hydroxylation is 1. The van der Waals surface area contributed by atoms with Crippen LogP contribution >= 0.6 is 0 Å². The maximum Gasteiger partial charge on any atom is 0.317 e. The second-order valence-electron chi connectivity index (χ2n) is 7.11. The van der Waals surface area contributed by atoms with Crippen molar-refractivity contribution in [1.82, 2.24) is 10.2 Å². The maximum atomic E-state index is 12.7. The molecule has 24 heavy (non-hydrogen) atoms. The summed E-state index contributed by atoms with van der Waals surface area (Å²) in [7, 11) is 0. The van der Waals surface area contributed by atoms with Crippen molar-refractivity contribution in [3.05, 3.63) is 35.4 Å². The molecule has 1 aliphatic heterocycles. The standard InChI is InChI=1S/C19H28N2O3/c1-13(2)11-17(16-9-5-4-7-14(16)3)20-19(24)21-10-6-8-15(12-21)18(22)23/h4-5,7,9,13,15,17H,6,8,10-12H2,1-3H3,(H,20,24)(H,22,23). The highest BCUT2D eigenvalue weighted by Crippen LogP contribution is 2.25. The number of amides is 2. The Morgan fingerprint density at radius 1 is 1.33 bits per heavy atom. The van der Waals surface area contributed by atoms with Gasteiger partial charge in [-0.3, -0.25) is 4.79 Å². The Morgan fingerprint density at radius 2 is 2.04 bits per heavy atom. The van der Waals surface area contributed by atoms with Crippen molar-refractivity contribution in [3.8, 4) is 0 Å². The molecule has 0 bridgehead atoms. The number of hydrogen-bond acceptors (Lipinski definition) is 2. The number of nitrogens with zero attached hydrogens (tertiary/aromatic N) is 1. The second-order valence-corrected chi connectivity index (χ2v) is 7.11. The topological polar surface area (TPSA) is 69.6 Å². The third-order valence-electron chi connectivity index (χ3n) is 4.63. The number of urea groups is 1. The number of rotatable bonds is 5. The fourth-order valence-electron chi connectivity index (χ4n) is 3.32. The first-order chi connectivity index (χ1) is 11.4. The summed E-state index contributed by atoms with van der Waals surface area (Å²) in [6, 6.07) is 7.88. The summed E-state index contributed by atoms with van der Waals surface area (Å²) in [6.45, 7) is 7.24. The van der Waals surface area contributed by atoms with Gasteiger partial charge in [-0.1, -0.05) is 38.1 Å². The Hall–Kier alpha value is -2.04. The lowest BCUT2D eigenvalue weighted by atomic mass is 9.94. The Morgan fingerprint density at radius 3 is 2.67 bits per heavy atom. The molecule has 1 aromatic carbocycles. The smallest absolute Gasteiger partial charge is 0.317 e. The van der Waals surface area contributed by atoms with Gasteiger partial charge in [0.25, 0.3) is 0 Å². The van der Waals surface area contributed by atoms with Crippen molar-refractivity contribution in [2.45, 2.75) is 46.1 Å². The SMILES string of the molecule is Cc1ccccc1C(CC(C)C)NC(=O)N1CCCC(C(=O)O)C1. The molecule has 0 aromatic heterocycles. The number of carbonyl (C=O) groups excluding carboxylic acids is 1. The Balaban J connectivity index is 2.10. The summed E-state index contributed by atoms with van der Waals surface area (Å²) in [4.78, 5) is 25.5. The van der Waals surface area contributed by atoms with E-state index in [2.05, 4.69) is 38.2 Å². The summed E-state index contributed by atoms with van der Waals surface area (Å²) >= 11 is 0. The van der Waals surface area contributed by atoms with Crippen molar-refractivity contribution in [3.63, 3.8) is 0 Å². The van der Waals surface area contributed by atoms with E-state index >= 15 is 0 Å². The molecule has 0 spiro atoms. The van der Waals surface area contributed by atoms with Gasteiger partial charge in [0.15, 0.2) is 0 Å². The molecule has 1 fully saturated rings. The molecule has 2 amide bonds. The van der Waals surface area contributed by atoms with Gasteiger partial charge in [0.1, 0.15) is 0 Å². The monoisotopic (exact) mass is 332 g/mol. The van der Waals surface area contributed by atoms with Crippen LogP contribution in [0, 0.1) is 18.8 Å². The Kier molecular flexibility index (Phi) is 6.23. The fraction of sp³-hybridized carbons (Fsp3) is 0.579. The lowest BCUT2D eigenvalue weighted by Gasteiger charge is -2.33. The Labute approximate surface area is 144 Å². The van der Waals surface area contributed by atoms with Crippen molar-refractivity contribution >= 4 is 12.0 Å². The molecule has 1 heterocycles. The van der Waals surface area contributed by atoms with E-state index in [0.29, 0.717) is 25.4 Å². The van der Waals surface area contributed by atoms with Crippen molar-refractivity contribution < 1.29 is 14.7 Å². The van der Waals surface area contributed by atoms with Crippen LogP contribution in [0.25, 0.3) is 0 Å². The normalized spacial score (nSPS) is 19.2. The van der Waals surface area contributed by atoms with Crippen LogP contribution in [-0.4, -0.2) is 35.1 Å². The van der Waals surface area contributed by atoms with Gasteiger partial charge in [-0.15, -0.1) is 0 Å². The van der Waals surface area contributed by atoms with E-state index < -0.39 is 11.9 Å². The van der Waals surface area contributed by atoms with Crippen LogP contribution in [0.1, 0.15) is 50.3 Å². The van der Waals surface area contributed by atoms with Crippen LogP contribution in [0.2, 0.25) is 0 Å². The van der Waals surface area contributed by atoms with E-state index in [1.165, 1.54) is 0 Å². The maximum absolute atomic E-state index is 12.7. The van der Waals surface area contributed by atoms with Crippen molar-refractivity contribution in [2.75, 3.05) is 13.1 Å². The molecule has 2 N–H and O–H groups in total. The highest BCUT2D eigenvalue weighted by atomic mass is 16.4. The molecule has 5 nitrogen and oxygen atoms in total. The molecule has 2 rings (SSSR count). The van der Waals surface area contributed by atoms with Gasteiger partial charge in [-0.2, -0.15) is 0 Å². The van der Waals surface area contributed by atoms with Crippen LogP contribution in [0.3, 0.4) is 0 Å². The zero-order valence-corrected chi connectivity index (χ0v) is 14.8. The zero-order valence-electron chi connectivity index (χ0n) is 14.8. The quantitative estimate of drug-likeness (QED) is 0.866. The van der Waals surface area contributed by atoms with Crippen LogP contribution in [0.15, 0.2) is 24.3 Å². The van der Waals surface area contributed by atoms with Crippen molar-refractivity contribution in [1.29, 1.82) is 0 Å². The molecular formula is C19H28N2O3. The van der Waals surface area contributed by atoms with Crippen LogP contribution < -0.4 is 5.32 Å². The first-order valence-corrected chi connectivity index (χ1v) is 8.72. The van der Waals surface area contributed by atoms with E-state index in [1.807, 2.05) is 12.1 Å². The predicted octanol–water partition coefficient (Wildman–Crippen LogP) is 3.59. The molecule has 0 saturated carbocycles. The number of likely N-dealkylation sites (tertiary alicyclic amines) is 1. The van der Waals surface area contributed by atoms with Gasteiger partial charge < -0.3 is 15.3 Å². The number of aliphatic carboxylic acids is 1. The summed E-state index contributed by atoms with van der Waals surface area (Å²) in [5.41, 5.74) is 2.29. The number of nitrogens with one attached hydrogen (secondary N) is 1. The average molecular weight is 332 g/mol. The summed E-state index contributed by atoms with van der Waals surface area (Å²) in [6.07, 6.45) is 2.24. The number of carbonyl (C=O) groups is 2. The first kappa shape index (κ1) is 18.3. The van der Waals surface area contributed by atoms with Gasteiger partial charge in [0.2, 0.25) is 0 Å². The number of hydrogen-bond donors (Lipinski definition) is 2. The average Bonchev–Trinajstić information content (AvgIpc) is 2.54. The lowest BCUT2D eigenvalue weighted by Crippen LogP contribution is -2.48. The third kappa shape index (κ3) is 4.73. The van der Waals surface area contributed by atoms with E-state index in [0.717, 1.165) is 24.0 Å². The lowest BCUT2D eigenvalue weighted by molar-refractivity contribution is -0.143. The molecular weight excluding hydrogens is 304 g/mol. The van der Waals surface area contributed by atoms with Gasteiger partial charge in [0.05, 0.1) is 12.0 Å². The predicted molar refractivity (Wildman–Crippen MR) is 93.8 cm³/mol. The van der Waals surface area contributed by atoms with Crippen LogP contribution in [0.5, 0.6) is 0 Å². The molecule has 1 aliphatic rings. The molecule has 0 radical (unpaired) electrons. The number of piperidine rings is 1. The molecule has 1 saturated heterocycles. The molecule has 132 valence electrons. The highest BCUT2D eigenvalue weighted by Gasteiger charge is 2.29. The van der Waals surface area contributed by atoms with Gasteiger partial charge in [-0.05, 0) is 43.2 Å². The summed E-state index contributed by atoms with van der Waals surface area (Å²) in [5, 5.41) is 12.3. The van der Waals surface area contributed by atoms with Gasteiger partial charge in [0, 0.05) is 13.1 Å². The van der Waals surface area contributed by atoms with Crippen LogP contribution in [-0.2, 0) is 4.79 Å². The third-order valence-corrected chi connectivity index (χ3v) is 4.63. The largest absolute Gasteiger partial charge is 0.481 e. The second kappa shape index (κ2) is 8.18. The molecule has 5 heteroatoms. The molecule has 1 aromatic rings. The molecule has 0 aliphatic carbocycles. The minimum Gasteiger partial charge on any atom is -0.481 e. The Bertz CT molecular complexity index is 586. The fourth-order valence-corrected chi connectivity index (χ4v) is 3.32. The zero-order chi connectivity index (χ0) is 17.7. The van der Waals surface area contributed by atoms with E-state index in [4.69, 9.17) is 0 Å². The number of carboxylic acid groups (broad SMARTS) is 1. The summed E-state index contributed by atoms with van der Waals surface area (Å²) < 4.78 is 0. The first-order valence-electron chi connectivity index (χ1n) is 8.72. The number of carboxylic acids is 1. The summed E-state index contributed by atoms with van der Waals surface area (Å²) in [5.74, 6) is -0.820. The van der Waals surface area contributed by atoms with E-state index in [9.17, 15) is 14.7 Å². The van der Waals surface area contributed by atoms with Crippen LogP contribution in [0.4, 0.5) is 4.79 Å². The molecule has 2 unspecified atom stereocenters. The van der Waals surface area contributed by atoms with E-state index in [-0.39, 0.29) is 12.1 Å². The van der Waals surface area contributed by atoms with E-state index in [1.54, 1.807) is 4.90 Å². The van der Waals surface area contributed by atoms with Gasteiger partial charge >= 0.3 is 12.0 Å². The minimum absolute atomic E-state index is 0.0519. The number of benzene rings is 1.